The van der Waals surface area contributed by atoms with Gasteiger partial charge < -0.3 is 25.2 Å². The first-order valence-corrected chi connectivity index (χ1v) is 9.61. The second-order valence-corrected chi connectivity index (χ2v) is 6.92. The van der Waals surface area contributed by atoms with Gasteiger partial charge in [-0.2, -0.15) is 0 Å². The summed E-state index contributed by atoms with van der Waals surface area (Å²) in [4.78, 5) is 35.2. The summed E-state index contributed by atoms with van der Waals surface area (Å²) in [6.45, 7) is -0.197. The number of rotatable bonds is 9. The summed E-state index contributed by atoms with van der Waals surface area (Å²) in [5.41, 5.74) is 4.41. The SMILES string of the molecule is COCCC(NC(=O)OCC1c2ccccc2-c2ccccc21)C(=O)NCC(=O)O. The van der Waals surface area contributed by atoms with Crippen LogP contribution in [0.15, 0.2) is 48.5 Å². The van der Waals surface area contributed by atoms with Crippen LogP contribution in [0.2, 0.25) is 0 Å². The Morgan fingerprint density at radius 1 is 1.03 bits per heavy atom. The van der Waals surface area contributed by atoms with Crippen LogP contribution in [-0.2, 0) is 19.1 Å². The average molecular weight is 412 g/mol. The van der Waals surface area contributed by atoms with Gasteiger partial charge in [-0.3, -0.25) is 9.59 Å². The number of carbonyl (C=O) groups excluding carboxylic acids is 2. The van der Waals surface area contributed by atoms with Crippen LogP contribution in [0.4, 0.5) is 4.79 Å². The summed E-state index contributed by atoms with van der Waals surface area (Å²) in [6.07, 6.45) is -0.560. The first-order chi connectivity index (χ1) is 14.5. The number of carbonyl (C=O) groups is 3. The van der Waals surface area contributed by atoms with Crippen molar-refractivity contribution in [2.45, 2.75) is 18.4 Å². The lowest BCUT2D eigenvalue weighted by Crippen LogP contribution is -2.48. The zero-order valence-electron chi connectivity index (χ0n) is 16.6. The monoisotopic (exact) mass is 412 g/mol. The fraction of sp³-hybridized carbons (Fsp3) is 0.318. The molecule has 0 fully saturated rings. The molecular formula is C22H24N2O6. The molecule has 2 aromatic carbocycles. The molecule has 1 aliphatic rings. The highest BCUT2D eigenvalue weighted by molar-refractivity contribution is 5.88. The van der Waals surface area contributed by atoms with Gasteiger partial charge in [-0.15, -0.1) is 0 Å². The van der Waals surface area contributed by atoms with E-state index < -0.39 is 30.6 Å². The third-order valence-corrected chi connectivity index (χ3v) is 4.98. The van der Waals surface area contributed by atoms with Crippen molar-refractivity contribution in [1.29, 1.82) is 0 Å². The van der Waals surface area contributed by atoms with Crippen molar-refractivity contribution in [2.24, 2.45) is 0 Å². The van der Waals surface area contributed by atoms with Crippen LogP contribution in [0.5, 0.6) is 0 Å². The molecule has 0 aromatic heterocycles. The molecule has 0 saturated heterocycles. The zero-order chi connectivity index (χ0) is 21.5. The number of carboxylic acids is 1. The number of carboxylic acid groups (broad SMARTS) is 1. The Balaban J connectivity index is 1.64. The number of hydrogen-bond acceptors (Lipinski definition) is 5. The number of aliphatic carboxylic acids is 1. The lowest BCUT2D eigenvalue weighted by atomic mass is 9.98. The molecule has 1 aliphatic carbocycles. The van der Waals surface area contributed by atoms with Gasteiger partial charge in [-0.05, 0) is 22.3 Å². The fourth-order valence-corrected chi connectivity index (χ4v) is 3.57. The molecule has 1 atom stereocenters. The van der Waals surface area contributed by atoms with Crippen LogP contribution >= 0.6 is 0 Å². The van der Waals surface area contributed by atoms with Crippen molar-refractivity contribution in [2.75, 3.05) is 26.9 Å². The number of nitrogens with one attached hydrogen (secondary N) is 2. The van der Waals surface area contributed by atoms with Crippen molar-refractivity contribution in [3.63, 3.8) is 0 Å². The van der Waals surface area contributed by atoms with Gasteiger partial charge in [0.1, 0.15) is 19.2 Å². The maximum atomic E-state index is 12.4. The molecule has 0 radical (unpaired) electrons. The summed E-state index contributed by atoms with van der Waals surface area (Å²) >= 11 is 0. The van der Waals surface area contributed by atoms with Gasteiger partial charge in [0.25, 0.3) is 0 Å². The molecule has 0 spiro atoms. The van der Waals surface area contributed by atoms with Gasteiger partial charge in [0.15, 0.2) is 0 Å². The van der Waals surface area contributed by atoms with Crippen LogP contribution in [0.1, 0.15) is 23.5 Å². The normalized spacial score (nSPS) is 13.1. The Morgan fingerprint density at radius 2 is 1.63 bits per heavy atom. The molecule has 8 heteroatoms. The third kappa shape index (κ3) is 4.96. The van der Waals surface area contributed by atoms with E-state index in [1.807, 2.05) is 48.5 Å². The predicted molar refractivity (Wildman–Crippen MR) is 109 cm³/mol. The maximum Gasteiger partial charge on any atom is 0.407 e. The van der Waals surface area contributed by atoms with Gasteiger partial charge in [-0.1, -0.05) is 48.5 Å². The van der Waals surface area contributed by atoms with Crippen LogP contribution in [0.3, 0.4) is 0 Å². The quantitative estimate of drug-likeness (QED) is 0.581. The minimum Gasteiger partial charge on any atom is -0.480 e. The molecule has 0 heterocycles. The Kier molecular flexibility index (Phi) is 7.03. The second-order valence-electron chi connectivity index (χ2n) is 6.92. The zero-order valence-corrected chi connectivity index (χ0v) is 16.6. The van der Waals surface area contributed by atoms with Crippen LogP contribution < -0.4 is 10.6 Å². The Morgan fingerprint density at radius 3 is 2.20 bits per heavy atom. The van der Waals surface area contributed by atoms with E-state index in [9.17, 15) is 14.4 Å². The molecule has 3 rings (SSSR count). The largest absolute Gasteiger partial charge is 0.480 e. The van der Waals surface area contributed by atoms with Gasteiger partial charge in [-0.25, -0.2) is 4.79 Å². The minimum absolute atomic E-state index is 0.0959. The van der Waals surface area contributed by atoms with Gasteiger partial charge in [0.05, 0.1) is 0 Å². The summed E-state index contributed by atoms with van der Waals surface area (Å²) in [7, 11) is 1.47. The molecular weight excluding hydrogens is 388 g/mol. The van der Waals surface area contributed by atoms with E-state index in [-0.39, 0.29) is 25.6 Å². The van der Waals surface area contributed by atoms with E-state index in [1.54, 1.807) is 0 Å². The lowest BCUT2D eigenvalue weighted by Gasteiger charge is -2.19. The number of alkyl carbamates (subject to hydrolysis) is 1. The molecule has 0 aliphatic heterocycles. The summed E-state index contributed by atoms with van der Waals surface area (Å²) in [5.74, 6) is -1.88. The average Bonchev–Trinajstić information content (AvgIpc) is 3.07. The molecule has 1 unspecified atom stereocenters. The van der Waals surface area contributed by atoms with Gasteiger partial charge in [0.2, 0.25) is 5.91 Å². The van der Waals surface area contributed by atoms with Crippen molar-refractivity contribution in [1.82, 2.24) is 10.6 Å². The molecule has 0 saturated carbocycles. The van der Waals surface area contributed by atoms with Gasteiger partial charge >= 0.3 is 12.1 Å². The maximum absolute atomic E-state index is 12.4. The van der Waals surface area contributed by atoms with Crippen molar-refractivity contribution >= 4 is 18.0 Å². The number of methoxy groups -OCH3 is 1. The Hall–Kier alpha value is -3.39. The number of fused-ring (bicyclic) bond motifs is 3. The standard InChI is InChI=1S/C22H24N2O6/c1-29-11-10-19(21(27)23-12-20(25)26)24-22(28)30-13-18-16-8-4-2-6-14(16)15-7-3-5-9-17(15)18/h2-9,18-19H,10-13H2,1H3,(H,23,27)(H,24,28)(H,25,26). The Bertz CT molecular complexity index is 884. The minimum atomic E-state index is -1.17. The molecule has 158 valence electrons. The molecule has 8 nitrogen and oxygen atoms in total. The highest BCUT2D eigenvalue weighted by atomic mass is 16.5. The molecule has 30 heavy (non-hydrogen) atoms. The Labute approximate surface area is 174 Å². The third-order valence-electron chi connectivity index (χ3n) is 4.98. The first-order valence-electron chi connectivity index (χ1n) is 9.61. The number of amides is 2. The number of benzene rings is 2. The molecule has 2 amide bonds. The molecule has 2 aromatic rings. The van der Waals surface area contributed by atoms with E-state index in [0.717, 1.165) is 22.3 Å². The fourth-order valence-electron chi connectivity index (χ4n) is 3.57. The van der Waals surface area contributed by atoms with Crippen molar-refractivity contribution in [3.8, 4) is 11.1 Å². The predicted octanol–water partition coefficient (Wildman–Crippen LogP) is 2.13. The second kappa shape index (κ2) is 9.89. The number of hydrogen-bond donors (Lipinski definition) is 3. The first kappa shape index (κ1) is 21.3. The van der Waals surface area contributed by atoms with Crippen LogP contribution in [0.25, 0.3) is 11.1 Å². The molecule has 3 N–H and O–H groups in total. The van der Waals surface area contributed by atoms with E-state index in [1.165, 1.54) is 7.11 Å². The number of ether oxygens (including phenoxy) is 2. The van der Waals surface area contributed by atoms with E-state index in [4.69, 9.17) is 14.6 Å². The summed E-state index contributed by atoms with van der Waals surface area (Å²) < 4.78 is 10.4. The van der Waals surface area contributed by atoms with Crippen LogP contribution in [0, 0.1) is 0 Å². The van der Waals surface area contributed by atoms with Crippen LogP contribution in [-0.4, -0.2) is 56.0 Å². The van der Waals surface area contributed by atoms with E-state index in [0.29, 0.717) is 0 Å². The highest BCUT2D eigenvalue weighted by Gasteiger charge is 2.29. The van der Waals surface area contributed by atoms with Crippen molar-refractivity contribution in [3.05, 3.63) is 59.7 Å². The van der Waals surface area contributed by atoms with E-state index >= 15 is 0 Å². The summed E-state index contributed by atoms with van der Waals surface area (Å²) in [6, 6.07) is 15.0. The van der Waals surface area contributed by atoms with Gasteiger partial charge in [0, 0.05) is 26.1 Å². The highest BCUT2D eigenvalue weighted by Crippen LogP contribution is 2.44. The smallest absolute Gasteiger partial charge is 0.407 e. The van der Waals surface area contributed by atoms with E-state index in [2.05, 4.69) is 10.6 Å². The molecule has 0 bridgehead atoms. The van der Waals surface area contributed by atoms with Crippen molar-refractivity contribution < 1.29 is 29.0 Å². The topological polar surface area (TPSA) is 114 Å². The summed E-state index contributed by atoms with van der Waals surface area (Å²) in [5, 5.41) is 13.5. The lowest BCUT2D eigenvalue weighted by molar-refractivity contribution is -0.138.